The number of aliphatic carboxylic acids is 1. The first-order valence-electron chi connectivity index (χ1n) is 8.18. The van der Waals surface area contributed by atoms with Gasteiger partial charge in [0, 0.05) is 19.4 Å². The van der Waals surface area contributed by atoms with E-state index in [9.17, 15) is 9.59 Å². The summed E-state index contributed by atoms with van der Waals surface area (Å²) in [6, 6.07) is 0. The lowest BCUT2D eigenvalue weighted by molar-refractivity contribution is -0.137. The third-order valence-electron chi connectivity index (χ3n) is 4.38. The van der Waals surface area contributed by atoms with Crippen LogP contribution < -0.4 is 10.6 Å². The molecule has 1 amide bonds. The maximum absolute atomic E-state index is 11.9. The van der Waals surface area contributed by atoms with Crippen molar-refractivity contribution < 1.29 is 14.7 Å². The second-order valence-corrected chi connectivity index (χ2v) is 6.49. The first kappa shape index (κ1) is 18.0. The number of nitrogens with one attached hydrogen (secondary N) is 2. The van der Waals surface area contributed by atoms with Crippen LogP contribution in [0.3, 0.4) is 0 Å². The fourth-order valence-corrected chi connectivity index (χ4v) is 2.95. The first-order chi connectivity index (χ1) is 9.99. The Morgan fingerprint density at radius 1 is 1.33 bits per heavy atom. The van der Waals surface area contributed by atoms with Crippen LogP contribution in [-0.4, -0.2) is 36.6 Å². The Balaban J connectivity index is 2.19. The van der Waals surface area contributed by atoms with Gasteiger partial charge in [-0.3, -0.25) is 9.59 Å². The van der Waals surface area contributed by atoms with Gasteiger partial charge < -0.3 is 15.7 Å². The van der Waals surface area contributed by atoms with Crippen molar-refractivity contribution in [2.75, 3.05) is 19.6 Å². The highest BCUT2D eigenvalue weighted by Crippen LogP contribution is 2.20. The summed E-state index contributed by atoms with van der Waals surface area (Å²) in [5, 5.41) is 15.1. The number of rotatable bonds is 9. The highest BCUT2D eigenvalue weighted by Gasteiger charge is 2.18. The first-order valence-corrected chi connectivity index (χ1v) is 8.18. The van der Waals surface area contributed by atoms with E-state index in [2.05, 4.69) is 24.5 Å². The minimum absolute atomic E-state index is 0.129. The van der Waals surface area contributed by atoms with Gasteiger partial charge in [-0.05, 0) is 56.5 Å². The van der Waals surface area contributed by atoms with E-state index in [0.29, 0.717) is 37.1 Å². The summed E-state index contributed by atoms with van der Waals surface area (Å²) in [6.07, 6.45) is 4.66. The van der Waals surface area contributed by atoms with E-state index in [0.717, 1.165) is 32.4 Å². The highest BCUT2D eigenvalue weighted by atomic mass is 16.4. The molecule has 3 N–H and O–H groups in total. The van der Waals surface area contributed by atoms with Crippen LogP contribution in [0.15, 0.2) is 0 Å². The Kier molecular flexibility index (Phi) is 8.35. The number of hydrogen-bond acceptors (Lipinski definition) is 3. The quantitative estimate of drug-likeness (QED) is 0.608. The van der Waals surface area contributed by atoms with Crippen LogP contribution in [0.25, 0.3) is 0 Å². The number of carbonyl (C=O) groups excluding carboxylic acids is 1. The molecule has 21 heavy (non-hydrogen) atoms. The molecule has 0 aliphatic carbocycles. The lowest BCUT2D eigenvalue weighted by atomic mass is 9.88. The van der Waals surface area contributed by atoms with Crippen LogP contribution in [0.5, 0.6) is 0 Å². The predicted octanol–water partition coefficient (Wildman–Crippen LogP) is 2.02. The van der Waals surface area contributed by atoms with Crippen LogP contribution in [0.2, 0.25) is 0 Å². The zero-order chi connectivity index (χ0) is 15.7. The van der Waals surface area contributed by atoms with E-state index in [1.807, 2.05) is 0 Å². The lowest BCUT2D eigenvalue weighted by Crippen LogP contribution is -2.35. The standard InChI is InChI=1S/C16H30N2O3/c1-12(2)14(5-6-16(20)21)7-9-18-15(19)10-13-4-3-8-17-11-13/h12-14,17H,3-11H2,1-2H3,(H,18,19)(H,20,21). The molecule has 0 radical (unpaired) electrons. The molecule has 0 aromatic rings. The van der Waals surface area contributed by atoms with Crippen LogP contribution in [-0.2, 0) is 9.59 Å². The molecule has 122 valence electrons. The van der Waals surface area contributed by atoms with E-state index in [1.54, 1.807) is 0 Å². The van der Waals surface area contributed by atoms with Gasteiger partial charge in [-0.2, -0.15) is 0 Å². The van der Waals surface area contributed by atoms with Crippen molar-refractivity contribution in [3.05, 3.63) is 0 Å². The van der Waals surface area contributed by atoms with Gasteiger partial charge in [-0.15, -0.1) is 0 Å². The zero-order valence-corrected chi connectivity index (χ0v) is 13.4. The van der Waals surface area contributed by atoms with Gasteiger partial charge in [-0.1, -0.05) is 13.8 Å². The second kappa shape index (κ2) is 9.77. The molecule has 0 bridgehead atoms. The van der Waals surface area contributed by atoms with E-state index < -0.39 is 5.97 Å². The van der Waals surface area contributed by atoms with Crippen molar-refractivity contribution >= 4 is 11.9 Å². The molecule has 0 aromatic heterocycles. The summed E-state index contributed by atoms with van der Waals surface area (Å²) in [6.45, 7) is 6.89. The van der Waals surface area contributed by atoms with Crippen LogP contribution in [0.1, 0.15) is 52.4 Å². The number of carbonyl (C=O) groups is 2. The topological polar surface area (TPSA) is 78.4 Å². The Bertz CT molecular complexity index is 325. The molecular weight excluding hydrogens is 268 g/mol. The van der Waals surface area contributed by atoms with E-state index in [4.69, 9.17) is 5.11 Å². The molecule has 2 unspecified atom stereocenters. The maximum atomic E-state index is 11.9. The van der Waals surface area contributed by atoms with Gasteiger partial charge in [0.15, 0.2) is 0 Å². The van der Waals surface area contributed by atoms with E-state index in [-0.39, 0.29) is 12.3 Å². The summed E-state index contributed by atoms with van der Waals surface area (Å²) in [4.78, 5) is 22.5. The van der Waals surface area contributed by atoms with Crippen LogP contribution >= 0.6 is 0 Å². The monoisotopic (exact) mass is 298 g/mol. The summed E-state index contributed by atoms with van der Waals surface area (Å²) in [5.41, 5.74) is 0. The third kappa shape index (κ3) is 8.05. The van der Waals surface area contributed by atoms with Crippen molar-refractivity contribution in [3.63, 3.8) is 0 Å². The third-order valence-corrected chi connectivity index (χ3v) is 4.38. The predicted molar refractivity (Wildman–Crippen MR) is 83.0 cm³/mol. The molecule has 5 heteroatoms. The fraction of sp³-hybridized carbons (Fsp3) is 0.875. The highest BCUT2D eigenvalue weighted by molar-refractivity contribution is 5.76. The summed E-state index contributed by atoms with van der Waals surface area (Å²) in [7, 11) is 0. The van der Waals surface area contributed by atoms with Crippen molar-refractivity contribution in [2.45, 2.75) is 52.4 Å². The molecule has 2 atom stereocenters. The molecular formula is C16H30N2O3. The SMILES string of the molecule is CC(C)C(CCNC(=O)CC1CCCNC1)CCC(=O)O. The molecule has 0 saturated carbocycles. The lowest BCUT2D eigenvalue weighted by Gasteiger charge is -2.23. The van der Waals surface area contributed by atoms with Gasteiger partial charge in [0.25, 0.3) is 0 Å². The normalized spacial score (nSPS) is 20.2. The van der Waals surface area contributed by atoms with Crippen molar-refractivity contribution in [3.8, 4) is 0 Å². The Labute approximate surface area is 127 Å². The molecule has 5 nitrogen and oxygen atoms in total. The molecule has 1 saturated heterocycles. The average Bonchev–Trinajstić information content (AvgIpc) is 2.43. The van der Waals surface area contributed by atoms with Crippen molar-refractivity contribution in [1.29, 1.82) is 0 Å². The fourth-order valence-electron chi connectivity index (χ4n) is 2.95. The van der Waals surface area contributed by atoms with Crippen molar-refractivity contribution in [2.24, 2.45) is 17.8 Å². The molecule has 0 aromatic carbocycles. The largest absolute Gasteiger partial charge is 0.481 e. The van der Waals surface area contributed by atoms with Gasteiger partial charge in [0.1, 0.15) is 0 Å². The molecule has 1 aliphatic rings. The zero-order valence-electron chi connectivity index (χ0n) is 13.4. The second-order valence-electron chi connectivity index (χ2n) is 6.49. The molecule has 1 aliphatic heterocycles. The summed E-state index contributed by atoms with van der Waals surface area (Å²) < 4.78 is 0. The Hall–Kier alpha value is -1.10. The number of carboxylic acid groups (broad SMARTS) is 1. The minimum Gasteiger partial charge on any atom is -0.481 e. The summed E-state index contributed by atoms with van der Waals surface area (Å²) in [5.74, 6) is 0.659. The number of piperidine rings is 1. The number of hydrogen-bond donors (Lipinski definition) is 3. The summed E-state index contributed by atoms with van der Waals surface area (Å²) >= 11 is 0. The number of amides is 1. The van der Waals surface area contributed by atoms with Crippen molar-refractivity contribution in [1.82, 2.24) is 10.6 Å². The molecule has 1 heterocycles. The average molecular weight is 298 g/mol. The smallest absolute Gasteiger partial charge is 0.303 e. The minimum atomic E-state index is -0.741. The Morgan fingerprint density at radius 2 is 2.10 bits per heavy atom. The number of carboxylic acids is 1. The van der Waals surface area contributed by atoms with E-state index >= 15 is 0 Å². The van der Waals surface area contributed by atoms with Crippen LogP contribution in [0.4, 0.5) is 0 Å². The Morgan fingerprint density at radius 3 is 2.67 bits per heavy atom. The molecule has 0 spiro atoms. The van der Waals surface area contributed by atoms with Gasteiger partial charge in [0.05, 0.1) is 0 Å². The molecule has 1 fully saturated rings. The maximum Gasteiger partial charge on any atom is 0.303 e. The molecule has 1 rings (SSSR count). The van der Waals surface area contributed by atoms with Gasteiger partial charge in [0.2, 0.25) is 5.91 Å². The van der Waals surface area contributed by atoms with Crippen LogP contribution in [0, 0.1) is 17.8 Å². The van der Waals surface area contributed by atoms with Gasteiger partial charge in [-0.25, -0.2) is 0 Å². The van der Waals surface area contributed by atoms with E-state index in [1.165, 1.54) is 0 Å². The van der Waals surface area contributed by atoms with Gasteiger partial charge >= 0.3 is 5.97 Å².